The summed E-state index contributed by atoms with van der Waals surface area (Å²) in [6, 6.07) is 5.90. The normalized spacial score (nSPS) is 21.8. The van der Waals surface area contributed by atoms with E-state index in [2.05, 4.69) is 15.9 Å². The fourth-order valence-electron chi connectivity index (χ4n) is 0.953. The predicted octanol–water partition coefficient (Wildman–Crippen LogP) is 3.17. The molecule has 58 valence electrons. The Kier molecular flexibility index (Phi) is 1.91. The molecule has 1 fully saturated rings. The Hall–Kier alpha value is -0.0500. The van der Waals surface area contributed by atoms with Gasteiger partial charge < -0.3 is 4.74 Å². The molecule has 1 aromatic carbocycles. The van der Waals surface area contributed by atoms with E-state index in [1.807, 2.05) is 18.2 Å². The topological polar surface area (TPSA) is 12.5 Å². The van der Waals surface area contributed by atoms with Crippen molar-refractivity contribution in [2.45, 2.75) is 6.10 Å². The summed E-state index contributed by atoms with van der Waals surface area (Å²) in [6.45, 7) is 0.831. The third-order valence-corrected chi connectivity index (χ3v) is 2.88. The first kappa shape index (κ1) is 7.59. The molecule has 0 N–H and O–H groups in total. The van der Waals surface area contributed by atoms with Crippen molar-refractivity contribution < 1.29 is 4.74 Å². The molecule has 0 radical (unpaired) electrons. The van der Waals surface area contributed by atoms with Crippen LogP contribution in [0.5, 0.6) is 0 Å². The van der Waals surface area contributed by atoms with Crippen LogP contribution in [0, 0.1) is 0 Å². The largest absolute Gasteiger partial charge is 0.368 e. The SMILES string of the molecule is Clc1cc([C@H]2CO2)ccc1Br. The second kappa shape index (κ2) is 2.77. The van der Waals surface area contributed by atoms with Crippen molar-refractivity contribution in [1.82, 2.24) is 0 Å². The molecule has 0 amide bonds. The third-order valence-electron chi connectivity index (χ3n) is 1.65. The summed E-state index contributed by atoms with van der Waals surface area (Å²) in [5.41, 5.74) is 1.17. The maximum atomic E-state index is 5.88. The van der Waals surface area contributed by atoms with Gasteiger partial charge in [-0.2, -0.15) is 0 Å². The molecule has 1 aromatic rings. The molecule has 2 rings (SSSR count). The van der Waals surface area contributed by atoms with Crippen LogP contribution in [0.25, 0.3) is 0 Å². The number of ether oxygens (including phenoxy) is 1. The van der Waals surface area contributed by atoms with E-state index in [0.29, 0.717) is 6.10 Å². The molecule has 1 saturated heterocycles. The molecule has 0 aliphatic carbocycles. The molecule has 1 aliphatic rings. The first-order valence-corrected chi connectivity index (χ1v) is 4.51. The van der Waals surface area contributed by atoms with E-state index in [1.165, 1.54) is 5.56 Å². The lowest BCUT2D eigenvalue weighted by Gasteiger charge is -1.97. The quantitative estimate of drug-likeness (QED) is 0.679. The smallest absolute Gasteiger partial charge is 0.106 e. The van der Waals surface area contributed by atoms with E-state index in [-0.39, 0.29) is 0 Å². The fourth-order valence-corrected chi connectivity index (χ4v) is 1.39. The zero-order valence-electron chi connectivity index (χ0n) is 5.68. The van der Waals surface area contributed by atoms with Crippen LogP contribution in [0.4, 0.5) is 0 Å². The average Bonchev–Trinajstić information content (AvgIpc) is 2.77. The van der Waals surface area contributed by atoms with Gasteiger partial charge in [0.1, 0.15) is 6.10 Å². The highest BCUT2D eigenvalue weighted by Crippen LogP contribution is 2.33. The van der Waals surface area contributed by atoms with Crippen molar-refractivity contribution in [3.63, 3.8) is 0 Å². The second-order valence-corrected chi connectivity index (χ2v) is 3.76. The fraction of sp³-hybridized carbons (Fsp3) is 0.250. The average molecular weight is 233 g/mol. The number of halogens is 2. The molecule has 1 heterocycles. The number of epoxide rings is 1. The van der Waals surface area contributed by atoms with E-state index in [4.69, 9.17) is 16.3 Å². The van der Waals surface area contributed by atoms with Gasteiger partial charge in [-0.25, -0.2) is 0 Å². The number of rotatable bonds is 1. The van der Waals surface area contributed by atoms with Crippen LogP contribution in [-0.2, 0) is 4.74 Å². The molecule has 0 saturated carbocycles. The highest BCUT2D eigenvalue weighted by Gasteiger charge is 2.24. The summed E-state index contributed by atoms with van der Waals surface area (Å²) in [4.78, 5) is 0. The first-order chi connectivity index (χ1) is 5.27. The molecule has 0 spiro atoms. The lowest BCUT2D eigenvalue weighted by Crippen LogP contribution is -1.79. The second-order valence-electron chi connectivity index (χ2n) is 2.50. The van der Waals surface area contributed by atoms with Gasteiger partial charge in [-0.05, 0) is 33.6 Å². The Labute approximate surface area is 78.4 Å². The van der Waals surface area contributed by atoms with Crippen LogP contribution < -0.4 is 0 Å². The zero-order valence-corrected chi connectivity index (χ0v) is 8.02. The predicted molar refractivity (Wildman–Crippen MR) is 47.8 cm³/mol. The van der Waals surface area contributed by atoms with E-state index in [1.54, 1.807) is 0 Å². The molecule has 1 atom stereocenters. The van der Waals surface area contributed by atoms with Crippen molar-refractivity contribution in [1.29, 1.82) is 0 Å². The van der Waals surface area contributed by atoms with Gasteiger partial charge in [-0.3, -0.25) is 0 Å². The molecular weight excluding hydrogens is 227 g/mol. The number of hydrogen-bond acceptors (Lipinski definition) is 1. The van der Waals surface area contributed by atoms with Crippen LogP contribution >= 0.6 is 27.5 Å². The highest BCUT2D eigenvalue weighted by molar-refractivity contribution is 9.10. The van der Waals surface area contributed by atoms with E-state index in [0.717, 1.165) is 16.1 Å². The summed E-state index contributed by atoms with van der Waals surface area (Å²) in [5, 5.41) is 0.748. The maximum absolute atomic E-state index is 5.88. The Morgan fingerprint density at radius 3 is 2.82 bits per heavy atom. The molecule has 11 heavy (non-hydrogen) atoms. The minimum atomic E-state index is 0.292. The Balaban J connectivity index is 2.36. The summed E-state index contributed by atoms with van der Waals surface area (Å²) in [7, 11) is 0. The summed E-state index contributed by atoms with van der Waals surface area (Å²) >= 11 is 9.21. The third kappa shape index (κ3) is 1.58. The molecule has 0 unspecified atom stereocenters. The van der Waals surface area contributed by atoms with Gasteiger partial charge in [0.15, 0.2) is 0 Å². The minimum absolute atomic E-state index is 0.292. The van der Waals surface area contributed by atoms with E-state index >= 15 is 0 Å². The lowest BCUT2D eigenvalue weighted by atomic mass is 10.2. The number of hydrogen-bond donors (Lipinski definition) is 0. The molecule has 3 heteroatoms. The van der Waals surface area contributed by atoms with Crippen LogP contribution in [0.1, 0.15) is 11.7 Å². The maximum Gasteiger partial charge on any atom is 0.106 e. The highest BCUT2D eigenvalue weighted by atomic mass is 79.9. The Morgan fingerprint density at radius 1 is 1.55 bits per heavy atom. The lowest BCUT2D eigenvalue weighted by molar-refractivity contribution is 0.415. The zero-order chi connectivity index (χ0) is 7.84. The van der Waals surface area contributed by atoms with Crippen molar-refractivity contribution in [2.24, 2.45) is 0 Å². The number of benzene rings is 1. The van der Waals surface area contributed by atoms with Crippen LogP contribution in [0.2, 0.25) is 5.02 Å². The van der Waals surface area contributed by atoms with Gasteiger partial charge in [0.25, 0.3) is 0 Å². The summed E-state index contributed by atoms with van der Waals surface area (Å²) < 4.78 is 6.05. The van der Waals surface area contributed by atoms with Crippen molar-refractivity contribution in [2.75, 3.05) is 6.61 Å². The van der Waals surface area contributed by atoms with Crippen molar-refractivity contribution in [3.05, 3.63) is 33.3 Å². The van der Waals surface area contributed by atoms with Gasteiger partial charge in [-0.15, -0.1) is 0 Å². The van der Waals surface area contributed by atoms with E-state index < -0.39 is 0 Å². The van der Waals surface area contributed by atoms with E-state index in [9.17, 15) is 0 Å². The van der Waals surface area contributed by atoms with Gasteiger partial charge >= 0.3 is 0 Å². The van der Waals surface area contributed by atoms with Crippen molar-refractivity contribution in [3.8, 4) is 0 Å². The molecule has 0 aromatic heterocycles. The standard InChI is InChI=1S/C8H6BrClO/c9-6-2-1-5(3-7(6)10)8-4-11-8/h1-3,8H,4H2/t8-/m1/s1. The minimum Gasteiger partial charge on any atom is -0.368 e. The summed E-state index contributed by atoms with van der Waals surface area (Å²) in [5.74, 6) is 0. The van der Waals surface area contributed by atoms with Crippen LogP contribution in [0.3, 0.4) is 0 Å². The van der Waals surface area contributed by atoms with Gasteiger partial charge in [0.05, 0.1) is 11.6 Å². The Bertz CT molecular complexity index is 283. The monoisotopic (exact) mass is 232 g/mol. The van der Waals surface area contributed by atoms with Gasteiger partial charge in [0.2, 0.25) is 0 Å². The van der Waals surface area contributed by atoms with Gasteiger partial charge in [-0.1, -0.05) is 17.7 Å². The molecule has 0 bridgehead atoms. The molecule has 1 nitrogen and oxygen atoms in total. The van der Waals surface area contributed by atoms with Crippen molar-refractivity contribution >= 4 is 27.5 Å². The summed E-state index contributed by atoms with van der Waals surface area (Å²) in [6.07, 6.45) is 0.292. The van der Waals surface area contributed by atoms with Crippen LogP contribution in [0.15, 0.2) is 22.7 Å². The van der Waals surface area contributed by atoms with Crippen LogP contribution in [-0.4, -0.2) is 6.61 Å². The molecular formula is C8H6BrClO. The Morgan fingerprint density at radius 2 is 2.27 bits per heavy atom. The molecule has 1 aliphatic heterocycles. The van der Waals surface area contributed by atoms with Gasteiger partial charge in [0, 0.05) is 4.47 Å². The first-order valence-electron chi connectivity index (χ1n) is 3.34.